The van der Waals surface area contributed by atoms with Gasteiger partial charge in [-0.05, 0) is 0 Å². The van der Waals surface area contributed by atoms with E-state index in [2.05, 4.69) is 20.4 Å². The third-order valence-electron chi connectivity index (χ3n) is 1.94. The summed E-state index contributed by atoms with van der Waals surface area (Å²) in [5, 5.41) is 17.8. The molecule has 0 unspecified atom stereocenters. The van der Waals surface area contributed by atoms with E-state index in [1.165, 1.54) is 17.1 Å². The first-order valence-electron chi connectivity index (χ1n) is 4.51. The van der Waals surface area contributed by atoms with Crippen LogP contribution in [0.3, 0.4) is 0 Å². The Balaban J connectivity index is 2.60. The predicted molar refractivity (Wildman–Crippen MR) is 60.4 cm³/mol. The standard InChI is InChI=1S/C8H7ClN6O2/c1-10-8-11-3-6(15(16)17)7(13-8)14-4-5(9)2-12-14/h2-4H,1H3,(H,10,11,13). The highest BCUT2D eigenvalue weighted by atomic mass is 35.5. The second-order valence-corrected chi connectivity index (χ2v) is 3.45. The summed E-state index contributed by atoms with van der Waals surface area (Å²) in [6.45, 7) is 0. The molecular weight excluding hydrogens is 248 g/mol. The highest BCUT2D eigenvalue weighted by Gasteiger charge is 2.19. The van der Waals surface area contributed by atoms with Gasteiger partial charge in [0.15, 0.2) is 0 Å². The molecule has 8 nitrogen and oxygen atoms in total. The number of anilines is 1. The van der Waals surface area contributed by atoms with Crippen LogP contribution >= 0.6 is 11.6 Å². The molecule has 0 amide bonds. The zero-order valence-corrected chi connectivity index (χ0v) is 9.42. The second-order valence-electron chi connectivity index (χ2n) is 3.01. The van der Waals surface area contributed by atoms with Crippen LogP contribution in [0.2, 0.25) is 5.02 Å². The highest BCUT2D eigenvalue weighted by molar-refractivity contribution is 6.30. The Labute approximate surface area is 100 Å². The van der Waals surface area contributed by atoms with Crippen molar-refractivity contribution in [2.45, 2.75) is 0 Å². The van der Waals surface area contributed by atoms with Gasteiger partial charge >= 0.3 is 5.69 Å². The molecule has 2 heterocycles. The lowest BCUT2D eigenvalue weighted by atomic mass is 10.5. The molecule has 0 bridgehead atoms. The summed E-state index contributed by atoms with van der Waals surface area (Å²) < 4.78 is 1.23. The van der Waals surface area contributed by atoms with Crippen molar-refractivity contribution in [3.8, 4) is 5.82 Å². The Morgan fingerprint density at radius 3 is 2.82 bits per heavy atom. The molecule has 0 aliphatic rings. The first-order valence-corrected chi connectivity index (χ1v) is 4.89. The molecule has 2 rings (SSSR count). The van der Waals surface area contributed by atoms with E-state index in [0.29, 0.717) is 5.02 Å². The van der Waals surface area contributed by atoms with Crippen LogP contribution < -0.4 is 5.32 Å². The van der Waals surface area contributed by atoms with Crippen LogP contribution in [0.4, 0.5) is 11.6 Å². The first kappa shape index (κ1) is 11.3. The van der Waals surface area contributed by atoms with Gasteiger partial charge in [0.2, 0.25) is 11.8 Å². The van der Waals surface area contributed by atoms with Crippen molar-refractivity contribution in [1.29, 1.82) is 0 Å². The van der Waals surface area contributed by atoms with Gasteiger partial charge in [-0.1, -0.05) is 11.6 Å². The number of hydrogen-bond acceptors (Lipinski definition) is 6. The third kappa shape index (κ3) is 2.16. The van der Waals surface area contributed by atoms with Gasteiger partial charge in [0.1, 0.15) is 6.20 Å². The van der Waals surface area contributed by atoms with Crippen LogP contribution in [0.1, 0.15) is 0 Å². The van der Waals surface area contributed by atoms with Gasteiger partial charge in [0.05, 0.1) is 22.3 Å². The first-order chi connectivity index (χ1) is 8.11. The smallest absolute Gasteiger partial charge is 0.332 e. The van der Waals surface area contributed by atoms with Gasteiger partial charge in [-0.25, -0.2) is 9.67 Å². The summed E-state index contributed by atoms with van der Waals surface area (Å²) in [6, 6.07) is 0. The van der Waals surface area contributed by atoms with Gasteiger partial charge in [0.25, 0.3) is 0 Å². The molecule has 0 aliphatic heterocycles. The molecule has 0 aliphatic carbocycles. The normalized spacial score (nSPS) is 10.2. The monoisotopic (exact) mass is 254 g/mol. The van der Waals surface area contributed by atoms with E-state index in [0.717, 1.165) is 6.20 Å². The van der Waals surface area contributed by atoms with Crippen molar-refractivity contribution in [3.05, 3.63) is 33.7 Å². The number of halogens is 1. The lowest BCUT2D eigenvalue weighted by molar-refractivity contribution is -0.385. The Morgan fingerprint density at radius 1 is 1.53 bits per heavy atom. The molecule has 9 heteroatoms. The molecule has 2 aromatic heterocycles. The maximum Gasteiger partial charge on any atom is 0.332 e. The maximum atomic E-state index is 10.8. The van der Waals surface area contributed by atoms with E-state index < -0.39 is 4.92 Å². The van der Waals surface area contributed by atoms with Gasteiger partial charge in [0, 0.05) is 7.05 Å². The summed E-state index contributed by atoms with van der Waals surface area (Å²) in [5.41, 5.74) is -0.247. The molecule has 0 saturated carbocycles. The van der Waals surface area contributed by atoms with Crippen LogP contribution in [0, 0.1) is 10.1 Å². The number of aromatic nitrogens is 4. The Bertz CT molecular complexity index is 569. The summed E-state index contributed by atoms with van der Waals surface area (Å²) in [4.78, 5) is 18.0. The Morgan fingerprint density at radius 2 is 2.29 bits per heavy atom. The number of nitrogens with one attached hydrogen (secondary N) is 1. The number of nitrogens with zero attached hydrogens (tertiary/aromatic N) is 5. The summed E-state index contributed by atoms with van der Waals surface area (Å²) >= 11 is 5.70. The van der Waals surface area contributed by atoms with Gasteiger partial charge in [-0.3, -0.25) is 10.1 Å². The minimum atomic E-state index is -0.579. The van der Waals surface area contributed by atoms with Crippen molar-refractivity contribution in [2.75, 3.05) is 12.4 Å². The number of hydrogen-bond donors (Lipinski definition) is 1. The number of rotatable bonds is 3. The molecule has 0 saturated heterocycles. The Kier molecular flexibility index (Phi) is 2.88. The van der Waals surface area contributed by atoms with Crippen LogP contribution in [0.25, 0.3) is 5.82 Å². The minimum absolute atomic E-state index is 0.0567. The second kappa shape index (κ2) is 4.34. The fourth-order valence-corrected chi connectivity index (χ4v) is 1.34. The highest BCUT2D eigenvalue weighted by Crippen LogP contribution is 2.21. The van der Waals surface area contributed by atoms with E-state index in [1.54, 1.807) is 7.05 Å². The third-order valence-corrected chi connectivity index (χ3v) is 2.13. The van der Waals surface area contributed by atoms with Crippen molar-refractivity contribution >= 4 is 23.2 Å². The fourth-order valence-electron chi connectivity index (χ4n) is 1.20. The van der Waals surface area contributed by atoms with Crippen LogP contribution in [-0.4, -0.2) is 31.7 Å². The topological polar surface area (TPSA) is 98.8 Å². The molecular formula is C8H7ClN6O2. The molecule has 0 fully saturated rings. The lowest BCUT2D eigenvalue weighted by Crippen LogP contribution is -2.07. The molecule has 17 heavy (non-hydrogen) atoms. The van der Waals surface area contributed by atoms with E-state index in [1.807, 2.05) is 0 Å². The van der Waals surface area contributed by atoms with E-state index in [4.69, 9.17) is 11.6 Å². The van der Waals surface area contributed by atoms with Crippen molar-refractivity contribution < 1.29 is 4.92 Å². The fraction of sp³-hybridized carbons (Fsp3) is 0.125. The molecule has 0 radical (unpaired) electrons. The molecule has 1 N–H and O–H groups in total. The van der Waals surface area contributed by atoms with Gasteiger partial charge < -0.3 is 5.32 Å². The van der Waals surface area contributed by atoms with Crippen molar-refractivity contribution in [3.63, 3.8) is 0 Å². The average molecular weight is 255 g/mol. The predicted octanol–water partition coefficient (Wildman–Crippen LogP) is 1.27. The van der Waals surface area contributed by atoms with E-state index >= 15 is 0 Å². The molecule has 2 aromatic rings. The zero-order valence-electron chi connectivity index (χ0n) is 8.66. The van der Waals surface area contributed by atoms with Gasteiger partial charge in [-0.2, -0.15) is 10.1 Å². The van der Waals surface area contributed by atoms with E-state index in [9.17, 15) is 10.1 Å². The lowest BCUT2D eigenvalue weighted by Gasteiger charge is -2.03. The van der Waals surface area contributed by atoms with Gasteiger partial charge in [-0.15, -0.1) is 0 Å². The molecule has 88 valence electrons. The zero-order chi connectivity index (χ0) is 12.4. The largest absolute Gasteiger partial charge is 0.357 e. The molecule has 0 atom stereocenters. The van der Waals surface area contributed by atoms with Crippen LogP contribution in [-0.2, 0) is 0 Å². The Hall–Kier alpha value is -2.22. The maximum absolute atomic E-state index is 10.8. The minimum Gasteiger partial charge on any atom is -0.357 e. The van der Waals surface area contributed by atoms with Crippen LogP contribution in [0.15, 0.2) is 18.6 Å². The summed E-state index contributed by atoms with van der Waals surface area (Å²) in [7, 11) is 1.61. The SMILES string of the molecule is CNc1ncc([N+](=O)[O-])c(-n2cc(Cl)cn2)n1. The van der Waals surface area contributed by atoms with Crippen molar-refractivity contribution in [1.82, 2.24) is 19.7 Å². The van der Waals surface area contributed by atoms with Crippen molar-refractivity contribution in [2.24, 2.45) is 0 Å². The van der Waals surface area contributed by atoms with Crippen LogP contribution in [0.5, 0.6) is 0 Å². The molecule has 0 spiro atoms. The number of nitro groups is 1. The molecule has 0 aromatic carbocycles. The average Bonchev–Trinajstić information content (AvgIpc) is 2.75. The van der Waals surface area contributed by atoms with E-state index in [-0.39, 0.29) is 17.5 Å². The summed E-state index contributed by atoms with van der Waals surface area (Å²) in [6.07, 6.45) is 3.91. The quantitative estimate of drug-likeness (QED) is 0.654. The summed E-state index contributed by atoms with van der Waals surface area (Å²) in [5.74, 6) is 0.318.